The van der Waals surface area contributed by atoms with Gasteiger partial charge >= 0.3 is 18.9 Å². The Hall–Kier alpha value is -0.983. The summed E-state index contributed by atoms with van der Waals surface area (Å²) in [5.74, 6) is -0.549. The van der Waals surface area contributed by atoms with Crippen LogP contribution < -0.4 is 24.0 Å². The van der Waals surface area contributed by atoms with Gasteiger partial charge in [-0.05, 0) is 5.75 Å². The monoisotopic (exact) mass is 145 g/mol. The number of hydrogen-bond donors (Lipinski definition) is 0. The Morgan fingerprint density at radius 2 is 1.82 bits per heavy atom. The van der Waals surface area contributed by atoms with E-state index in [1.54, 1.807) is 0 Å². The van der Waals surface area contributed by atoms with Gasteiger partial charge in [0.15, 0.2) is 0 Å². The molecule has 0 heterocycles. The zero-order chi connectivity index (χ0) is 7.56. The van der Waals surface area contributed by atoms with Gasteiger partial charge in [0.2, 0.25) is 0 Å². The van der Waals surface area contributed by atoms with E-state index in [0.717, 1.165) is 6.07 Å². The fraction of sp³-hybridized carbons (Fsp3) is 0. The van der Waals surface area contributed by atoms with Crippen molar-refractivity contribution in [3.05, 3.63) is 34.4 Å². The van der Waals surface area contributed by atoms with Crippen LogP contribution >= 0.6 is 0 Å². The Kier molecular flexibility index (Phi) is 3.66. The molecule has 0 fully saturated rings. The van der Waals surface area contributed by atoms with Crippen LogP contribution in [0.15, 0.2) is 24.3 Å². The van der Waals surface area contributed by atoms with E-state index in [4.69, 9.17) is 0 Å². The molecule has 11 heavy (non-hydrogen) atoms. The van der Waals surface area contributed by atoms with Crippen molar-refractivity contribution in [3.63, 3.8) is 0 Å². The summed E-state index contributed by atoms with van der Waals surface area (Å²) in [6.45, 7) is 0. The van der Waals surface area contributed by atoms with Crippen molar-refractivity contribution < 1.29 is 28.9 Å². The SMILES string of the molecule is O=[N+]([O-])c1ccccc1[O-].[Li+]. The first-order valence-corrected chi connectivity index (χ1v) is 2.62. The summed E-state index contributed by atoms with van der Waals surface area (Å²) in [7, 11) is 0. The van der Waals surface area contributed by atoms with Gasteiger partial charge in [0.25, 0.3) is 5.69 Å². The predicted octanol–water partition coefficient (Wildman–Crippen LogP) is -2.33. The Morgan fingerprint density at radius 3 is 2.18 bits per heavy atom. The largest absolute Gasteiger partial charge is 1.00 e. The van der Waals surface area contributed by atoms with Crippen molar-refractivity contribution in [2.45, 2.75) is 0 Å². The van der Waals surface area contributed by atoms with Crippen LogP contribution in [-0.2, 0) is 0 Å². The van der Waals surface area contributed by atoms with Crippen LogP contribution in [0.25, 0.3) is 0 Å². The molecule has 0 radical (unpaired) electrons. The van der Waals surface area contributed by atoms with E-state index in [2.05, 4.69) is 0 Å². The molecule has 0 bridgehead atoms. The fourth-order valence-electron chi connectivity index (χ4n) is 0.608. The van der Waals surface area contributed by atoms with Gasteiger partial charge in [-0.2, -0.15) is 0 Å². The van der Waals surface area contributed by atoms with E-state index < -0.39 is 10.7 Å². The molecule has 5 heteroatoms. The first-order chi connectivity index (χ1) is 4.72. The quantitative estimate of drug-likeness (QED) is 0.253. The van der Waals surface area contributed by atoms with Crippen LogP contribution in [0.5, 0.6) is 5.75 Å². The standard InChI is InChI=1S/C6H5NO3.Li/c8-6-4-2-1-3-5(6)7(9)10;/h1-4,8H;/q;+1/p-1. The van der Waals surface area contributed by atoms with Gasteiger partial charge in [-0.3, -0.25) is 10.1 Å². The third-order valence-corrected chi connectivity index (χ3v) is 1.06. The number of benzene rings is 1. The third-order valence-electron chi connectivity index (χ3n) is 1.06. The second-order valence-electron chi connectivity index (χ2n) is 1.72. The van der Waals surface area contributed by atoms with Gasteiger partial charge in [0.05, 0.1) is 4.92 Å². The summed E-state index contributed by atoms with van der Waals surface area (Å²) in [6, 6.07) is 5.27. The maximum absolute atomic E-state index is 10.6. The van der Waals surface area contributed by atoms with Crippen LogP contribution in [0.2, 0.25) is 0 Å². The van der Waals surface area contributed by atoms with Crippen molar-refractivity contribution in [2.75, 3.05) is 0 Å². The summed E-state index contributed by atoms with van der Waals surface area (Å²) in [5, 5.41) is 20.6. The van der Waals surface area contributed by atoms with Crippen LogP contribution in [0.4, 0.5) is 5.69 Å². The molecule has 0 amide bonds. The van der Waals surface area contributed by atoms with Crippen molar-refractivity contribution in [3.8, 4) is 5.75 Å². The number of nitro benzene ring substituents is 1. The van der Waals surface area contributed by atoms with Gasteiger partial charge in [-0.15, -0.1) is 0 Å². The van der Waals surface area contributed by atoms with E-state index >= 15 is 0 Å². The maximum atomic E-state index is 10.6. The molecule has 1 rings (SSSR count). The average Bonchev–Trinajstić information content (AvgIpc) is 1.88. The summed E-state index contributed by atoms with van der Waals surface area (Å²) >= 11 is 0. The third kappa shape index (κ3) is 2.26. The number of nitro groups is 1. The summed E-state index contributed by atoms with van der Waals surface area (Å²) in [5.41, 5.74) is -0.373. The van der Waals surface area contributed by atoms with Gasteiger partial charge in [-0.1, -0.05) is 18.2 Å². The van der Waals surface area contributed by atoms with Crippen LogP contribution in [-0.4, -0.2) is 4.92 Å². The van der Waals surface area contributed by atoms with E-state index in [-0.39, 0.29) is 24.5 Å². The maximum Gasteiger partial charge on any atom is 1.00 e. The Labute approximate surface area is 75.2 Å². The molecule has 0 saturated carbocycles. The number of rotatable bonds is 1. The molecule has 52 valence electrons. The van der Waals surface area contributed by atoms with Gasteiger partial charge in [-0.25, -0.2) is 0 Å². The van der Waals surface area contributed by atoms with E-state index in [9.17, 15) is 15.2 Å². The Balaban J connectivity index is 0.000001000. The molecule has 4 nitrogen and oxygen atoms in total. The van der Waals surface area contributed by atoms with Crippen molar-refractivity contribution in [1.82, 2.24) is 0 Å². The van der Waals surface area contributed by atoms with Gasteiger partial charge < -0.3 is 5.11 Å². The van der Waals surface area contributed by atoms with Crippen LogP contribution in [0, 0.1) is 10.1 Å². The second-order valence-corrected chi connectivity index (χ2v) is 1.72. The van der Waals surface area contributed by atoms with Gasteiger partial charge in [0.1, 0.15) is 0 Å². The van der Waals surface area contributed by atoms with Crippen LogP contribution in [0.1, 0.15) is 0 Å². The zero-order valence-corrected chi connectivity index (χ0v) is 5.98. The van der Waals surface area contributed by atoms with E-state index in [1.165, 1.54) is 18.2 Å². The molecule has 1 aromatic rings. The molecule has 0 N–H and O–H groups in total. The number of para-hydroxylation sites is 2. The topological polar surface area (TPSA) is 66.2 Å². The van der Waals surface area contributed by atoms with Crippen molar-refractivity contribution in [1.29, 1.82) is 0 Å². The molecule has 0 unspecified atom stereocenters. The molecular weight excluding hydrogens is 141 g/mol. The molecule has 0 atom stereocenters. The molecule has 0 aliphatic carbocycles. The molecule has 0 aliphatic rings. The molecular formula is C6H4LiNO3. The predicted molar refractivity (Wildman–Crippen MR) is 32.5 cm³/mol. The van der Waals surface area contributed by atoms with Gasteiger partial charge in [0, 0.05) is 6.07 Å². The summed E-state index contributed by atoms with van der Waals surface area (Å²) in [6.07, 6.45) is 0. The van der Waals surface area contributed by atoms with Crippen molar-refractivity contribution >= 4 is 5.69 Å². The Morgan fingerprint density at radius 1 is 1.27 bits per heavy atom. The van der Waals surface area contributed by atoms with E-state index in [0.29, 0.717) is 0 Å². The summed E-state index contributed by atoms with van der Waals surface area (Å²) in [4.78, 5) is 9.34. The number of nitrogens with zero attached hydrogens (tertiary/aromatic N) is 1. The molecule has 0 aromatic heterocycles. The first kappa shape index (κ1) is 10.0. The zero-order valence-electron chi connectivity index (χ0n) is 5.98. The molecule has 0 spiro atoms. The molecule has 0 saturated heterocycles. The smallest absolute Gasteiger partial charge is 0.868 e. The van der Waals surface area contributed by atoms with Crippen molar-refractivity contribution in [2.24, 2.45) is 0 Å². The Bertz CT molecular complexity index is 264. The minimum Gasteiger partial charge on any atom is -0.868 e. The van der Waals surface area contributed by atoms with E-state index in [1.807, 2.05) is 0 Å². The minimum atomic E-state index is -0.692. The molecule has 1 aromatic carbocycles. The van der Waals surface area contributed by atoms with Crippen LogP contribution in [0.3, 0.4) is 0 Å². The average molecular weight is 145 g/mol. The molecule has 0 aliphatic heterocycles. The second kappa shape index (κ2) is 4.01. The fourth-order valence-corrected chi connectivity index (χ4v) is 0.608. The number of hydrogen-bond acceptors (Lipinski definition) is 3. The minimum absolute atomic E-state index is 0. The first-order valence-electron chi connectivity index (χ1n) is 2.62. The summed E-state index contributed by atoms with van der Waals surface area (Å²) < 4.78 is 0. The normalized spacial score (nSPS) is 8.36.